The topological polar surface area (TPSA) is 99.6 Å². The second-order valence-electron chi connectivity index (χ2n) is 5.95. The van der Waals surface area contributed by atoms with Gasteiger partial charge in [0.1, 0.15) is 13.2 Å². The Bertz CT molecular complexity index is 1080. The van der Waals surface area contributed by atoms with Gasteiger partial charge in [0.15, 0.2) is 11.5 Å². The van der Waals surface area contributed by atoms with E-state index < -0.39 is 10.0 Å². The first-order valence-corrected chi connectivity index (χ1v) is 9.94. The van der Waals surface area contributed by atoms with Crippen LogP contribution in [0.25, 0.3) is 11.3 Å². The van der Waals surface area contributed by atoms with Gasteiger partial charge in [-0.2, -0.15) is 0 Å². The second kappa shape index (κ2) is 7.35. The molecule has 9 heteroatoms. The second-order valence-corrected chi connectivity index (χ2v) is 7.63. The molecule has 4 rings (SSSR count). The van der Waals surface area contributed by atoms with E-state index >= 15 is 0 Å². The number of sulfonamides is 1. The van der Waals surface area contributed by atoms with Gasteiger partial charge in [0, 0.05) is 23.4 Å². The van der Waals surface area contributed by atoms with Gasteiger partial charge in [0.25, 0.3) is 10.0 Å². The molecule has 0 fully saturated rings. The van der Waals surface area contributed by atoms with Crippen LogP contribution in [0.2, 0.25) is 0 Å². The molecule has 0 amide bonds. The zero-order valence-electron chi connectivity index (χ0n) is 15.0. The molecule has 3 aromatic rings. The Kier molecular flexibility index (Phi) is 4.74. The quantitative estimate of drug-likeness (QED) is 0.704. The number of hydrogen-bond acceptors (Lipinski definition) is 7. The minimum absolute atomic E-state index is 0.0989. The van der Waals surface area contributed by atoms with Crippen molar-refractivity contribution in [2.24, 2.45) is 0 Å². The van der Waals surface area contributed by atoms with Gasteiger partial charge in [-0.25, -0.2) is 8.42 Å². The van der Waals surface area contributed by atoms with Gasteiger partial charge >= 0.3 is 0 Å². The number of ether oxygens (including phenoxy) is 3. The normalized spacial score (nSPS) is 13.0. The molecule has 8 nitrogen and oxygen atoms in total. The smallest absolute Gasteiger partial charge is 0.262 e. The zero-order chi connectivity index (χ0) is 19.6. The SMILES string of the molecule is COc1ccc(-c2ccc(NS(=O)(=O)c3ccc4c(c3)OCCO4)cc2)nn1. The van der Waals surface area contributed by atoms with Crippen molar-refractivity contribution in [3.8, 4) is 28.6 Å². The number of hydrogen-bond donors (Lipinski definition) is 1. The maximum atomic E-state index is 12.7. The first-order chi connectivity index (χ1) is 13.5. The Hall–Kier alpha value is -3.33. The maximum absolute atomic E-state index is 12.7. The third-order valence-corrected chi connectivity index (χ3v) is 5.49. The number of nitrogens with zero attached hydrogens (tertiary/aromatic N) is 2. The molecule has 0 atom stereocenters. The molecule has 28 heavy (non-hydrogen) atoms. The van der Waals surface area contributed by atoms with Crippen LogP contribution in [0.15, 0.2) is 59.5 Å². The molecule has 0 aliphatic carbocycles. The fraction of sp³-hybridized carbons (Fsp3) is 0.158. The summed E-state index contributed by atoms with van der Waals surface area (Å²) in [6, 6.07) is 14.9. The van der Waals surface area contributed by atoms with Crippen LogP contribution in [-0.2, 0) is 10.0 Å². The molecule has 1 aliphatic heterocycles. The maximum Gasteiger partial charge on any atom is 0.262 e. The summed E-state index contributed by atoms with van der Waals surface area (Å²) >= 11 is 0. The molecule has 0 spiro atoms. The highest BCUT2D eigenvalue weighted by atomic mass is 32.2. The highest BCUT2D eigenvalue weighted by molar-refractivity contribution is 7.92. The van der Waals surface area contributed by atoms with E-state index in [9.17, 15) is 8.42 Å². The number of nitrogens with one attached hydrogen (secondary N) is 1. The number of aromatic nitrogens is 2. The molecule has 1 N–H and O–H groups in total. The monoisotopic (exact) mass is 399 g/mol. The van der Waals surface area contributed by atoms with Crippen molar-refractivity contribution in [2.45, 2.75) is 4.90 Å². The number of methoxy groups -OCH3 is 1. The van der Waals surface area contributed by atoms with Gasteiger partial charge in [0.05, 0.1) is 17.7 Å². The summed E-state index contributed by atoms with van der Waals surface area (Å²) in [6.45, 7) is 0.835. The number of anilines is 1. The van der Waals surface area contributed by atoms with Gasteiger partial charge in [-0.05, 0) is 30.3 Å². The molecule has 2 heterocycles. The molecule has 144 valence electrons. The van der Waals surface area contributed by atoms with Crippen LogP contribution in [0.4, 0.5) is 5.69 Å². The van der Waals surface area contributed by atoms with Crippen LogP contribution in [-0.4, -0.2) is 38.9 Å². The first-order valence-electron chi connectivity index (χ1n) is 8.46. The largest absolute Gasteiger partial charge is 0.486 e. The summed E-state index contributed by atoms with van der Waals surface area (Å²) in [4.78, 5) is 0.0989. The van der Waals surface area contributed by atoms with E-state index in [2.05, 4.69) is 14.9 Å². The van der Waals surface area contributed by atoms with Crippen molar-refractivity contribution in [3.63, 3.8) is 0 Å². The van der Waals surface area contributed by atoms with Crippen LogP contribution >= 0.6 is 0 Å². The van der Waals surface area contributed by atoms with Crippen LogP contribution in [0.3, 0.4) is 0 Å². The molecule has 0 unspecified atom stereocenters. The summed E-state index contributed by atoms with van der Waals surface area (Å²) in [5, 5.41) is 8.00. The van der Waals surface area contributed by atoms with E-state index in [4.69, 9.17) is 14.2 Å². The third-order valence-electron chi connectivity index (χ3n) is 4.11. The van der Waals surface area contributed by atoms with Crippen molar-refractivity contribution in [2.75, 3.05) is 25.0 Å². The fourth-order valence-electron chi connectivity index (χ4n) is 2.70. The van der Waals surface area contributed by atoms with Crippen molar-refractivity contribution >= 4 is 15.7 Å². The first kappa shape index (κ1) is 18.1. The fourth-order valence-corrected chi connectivity index (χ4v) is 3.77. The summed E-state index contributed by atoms with van der Waals surface area (Å²) < 4.78 is 43.8. The van der Waals surface area contributed by atoms with E-state index in [-0.39, 0.29) is 4.90 Å². The average molecular weight is 399 g/mol. The Labute approximate surface area is 162 Å². The number of rotatable bonds is 5. The lowest BCUT2D eigenvalue weighted by Crippen LogP contribution is -2.17. The molecule has 0 saturated carbocycles. The van der Waals surface area contributed by atoms with Crippen molar-refractivity contribution < 1.29 is 22.6 Å². The summed E-state index contributed by atoms with van der Waals surface area (Å²) in [6.07, 6.45) is 0. The summed E-state index contributed by atoms with van der Waals surface area (Å²) in [7, 11) is -2.24. The van der Waals surface area contributed by atoms with E-state index in [0.29, 0.717) is 42.0 Å². The lowest BCUT2D eigenvalue weighted by Gasteiger charge is -2.19. The number of fused-ring (bicyclic) bond motifs is 1. The van der Waals surface area contributed by atoms with Crippen LogP contribution in [0, 0.1) is 0 Å². The van der Waals surface area contributed by atoms with Crippen molar-refractivity contribution in [1.29, 1.82) is 0 Å². The number of benzene rings is 2. The van der Waals surface area contributed by atoms with Gasteiger partial charge < -0.3 is 14.2 Å². The highest BCUT2D eigenvalue weighted by Gasteiger charge is 2.19. The Morgan fingerprint density at radius 2 is 1.68 bits per heavy atom. The van der Waals surface area contributed by atoms with Crippen molar-refractivity contribution in [3.05, 3.63) is 54.6 Å². The molecule has 0 saturated heterocycles. The zero-order valence-corrected chi connectivity index (χ0v) is 15.8. The molecule has 0 bridgehead atoms. The van der Waals surface area contributed by atoms with E-state index in [1.165, 1.54) is 19.2 Å². The Balaban J connectivity index is 1.53. The third kappa shape index (κ3) is 3.70. The summed E-state index contributed by atoms with van der Waals surface area (Å²) in [5.74, 6) is 1.38. The molecular formula is C19H17N3O5S. The van der Waals surface area contributed by atoms with E-state index in [0.717, 1.165) is 5.56 Å². The predicted molar refractivity (Wildman–Crippen MR) is 102 cm³/mol. The average Bonchev–Trinajstić information content (AvgIpc) is 2.74. The van der Waals surface area contributed by atoms with E-state index in [1.54, 1.807) is 42.5 Å². The minimum atomic E-state index is -3.76. The van der Waals surface area contributed by atoms with Crippen LogP contribution in [0.1, 0.15) is 0 Å². The van der Waals surface area contributed by atoms with Gasteiger partial charge in [-0.15, -0.1) is 10.2 Å². The highest BCUT2D eigenvalue weighted by Crippen LogP contribution is 2.33. The van der Waals surface area contributed by atoms with E-state index in [1.807, 2.05) is 0 Å². The molecule has 1 aromatic heterocycles. The Morgan fingerprint density at radius 1 is 0.929 bits per heavy atom. The Morgan fingerprint density at radius 3 is 2.36 bits per heavy atom. The molecule has 0 radical (unpaired) electrons. The molecule has 1 aliphatic rings. The molecular weight excluding hydrogens is 382 g/mol. The standard InChI is InChI=1S/C19H17N3O5S/c1-25-19-9-7-16(20-21-19)13-2-4-14(5-3-13)22-28(23,24)15-6-8-17-18(12-15)27-11-10-26-17/h2-9,12,22H,10-11H2,1H3. The van der Waals surface area contributed by atoms with Crippen molar-refractivity contribution in [1.82, 2.24) is 10.2 Å². The summed E-state index contributed by atoms with van der Waals surface area (Å²) in [5.41, 5.74) is 1.89. The minimum Gasteiger partial charge on any atom is -0.486 e. The van der Waals surface area contributed by atoms with Gasteiger partial charge in [0.2, 0.25) is 5.88 Å². The molecule has 2 aromatic carbocycles. The van der Waals surface area contributed by atoms with Gasteiger partial charge in [-0.3, -0.25) is 4.72 Å². The lowest BCUT2D eigenvalue weighted by molar-refractivity contribution is 0.171. The lowest BCUT2D eigenvalue weighted by atomic mass is 10.1. The van der Waals surface area contributed by atoms with Crippen LogP contribution < -0.4 is 18.9 Å². The predicted octanol–water partition coefficient (Wildman–Crippen LogP) is 2.72. The van der Waals surface area contributed by atoms with Crippen LogP contribution in [0.5, 0.6) is 17.4 Å². The van der Waals surface area contributed by atoms with Gasteiger partial charge in [-0.1, -0.05) is 12.1 Å².